The molecule has 14 heteroatoms. The van der Waals surface area contributed by atoms with Gasteiger partial charge in [-0.25, -0.2) is 36.5 Å². The van der Waals surface area contributed by atoms with Crippen LogP contribution in [0.25, 0.3) is 21.8 Å². The Morgan fingerprint density at radius 1 is 1.15 bits per heavy atom. The number of nitrogens with two attached hydrogens (primary N) is 1. The average molecular weight is 577 g/mol. The maximum atomic E-state index is 15.9. The Balaban J connectivity index is 1.58. The molecule has 1 unspecified atom stereocenters. The van der Waals surface area contributed by atoms with Crippen molar-refractivity contribution in [3.8, 4) is 21.8 Å². The molecule has 1 atom stereocenters. The maximum Gasteiger partial charge on any atom is 0.265 e. The normalized spacial score (nSPS) is 17.2. The van der Waals surface area contributed by atoms with Crippen LogP contribution in [0, 0.1) is 17.5 Å². The Kier molecular flexibility index (Phi) is 7.05. The lowest BCUT2D eigenvalue weighted by atomic mass is 10.1. The van der Waals surface area contributed by atoms with Gasteiger partial charge < -0.3 is 15.8 Å². The number of nitrogen functional groups attached to an aromatic ring is 1. The molecule has 4 N–H and O–H groups in total. The molecular formula is C25H23F3N6O3S2. The minimum absolute atomic E-state index is 0.00776. The van der Waals surface area contributed by atoms with Crippen molar-refractivity contribution in [2.24, 2.45) is 0 Å². The summed E-state index contributed by atoms with van der Waals surface area (Å²) in [7, 11) is -4.67. The summed E-state index contributed by atoms with van der Waals surface area (Å²) in [4.78, 5) is 12.4. The summed E-state index contributed by atoms with van der Waals surface area (Å²) in [5.74, 6) is -3.10. The zero-order chi connectivity index (χ0) is 27.9. The molecule has 0 radical (unpaired) electrons. The van der Waals surface area contributed by atoms with Crippen LogP contribution in [0.2, 0.25) is 0 Å². The van der Waals surface area contributed by atoms with Gasteiger partial charge in [0.1, 0.15) is 21.5 Å². The van der Waals surface area contributed by atoms with Crippen molar-refractivity contribution >= 4 is 33.0 Å². The van der Waals surface area contributed by atoms with Gasteiger partial charge >= 0.3 is 0 Å². The third-order valence-electron chi connectivity index (χ3n) is 5.94. The number of benzene rings is 2. The van der Waals surface area contributed by atoms with E-state index in [1.807, 2.05) is 18.6 Å². The van der Waals surface area contributed by atoms with Crippen LogP contribution >= 0.6 is 11.3 Å². The molecule has 1 aliphatic heterocycles. The second-order valence-electron chi connectivity index (χ2n) is 9.38. The Morgan fingerprint density at radius 2 is 1.95 bits per heavy atom. The van der Waals surface area contributed by atoms with Crippen molar-refractivity contribution in [3.05, 3.63) is 71.1 Å². The number of halogens is 3. The Bertz CT molecular complexity index is 1650. The van der Waals surface area contributed by atoms with Gasteiger partial charge in [0, 0.05) is 18.3 Å². The summed E-state index contributed by atoms with van der Waals surface area (Å²) in [6, 6.07) is 7.31. The van der Waals surface area contributed by atoms with E-state index in [9.17, 15) is 17.2 Å². The highest BCUT2D eigenvalue weighted by atomic mass is 32.2. The zero-order valence-corrected chi connectivity index (χ0v) is 22.3. The van der Waals surface area contributed by atoms with E-state index in [0.29, 0.717) is 40.9 Å². The van der Waals surface area contributed by atoms with Crippen LogP contribution in [0.15, 0.2) is 53.6 Å². The van der Waals surface area contributed by atoms with Crippen molar-refractivity contribution in [3.63, 3.8) is 0 Å². The Labute approximate surface area is 226 Å². The molecule has 2 aromatic heterocycles. The fourth-order valence-corrected chi connectivity index (χ4v) is 6.22. The number of hydrogen-bond acceptors (Lipinski definition) is 9. The lowest BCUT2D eigenvalue weighted by Crippen LogP contribution is -2.47. The fourth-order valence-electron chi connectivity index (χ4n) is 3.97. The molecule has 0 amide bonds. The highest BCUT2D eigenvalue weighted by molar-refractivity contribution is 7.92. The first kappa shape index (κ1) is 27.0. The minimum Gasteiger partial charge on any atom is -0.372 e. The van der Waals surface area contributed by atoms with Crippen LogP contribution in [0.1, 0.15) is 24.9 Å². The molecule has 3 heterocycles. The van der Waals surface area contributed by atoms with Crippen LogP contribution < -0.4 is 15.8 Å². The lowest BCUT2D eigenvalue weighted by molar-refractivity contribution is -0.0586. The SMILES string of the molecule is CC1(C)CNC(c2nc(-c3cccc(NS(=O)(=O)c4cc(F)ccc4F)c3F)c(-c3ccnc(N)n3)s2)CO1. The predicted octanol–water partition coefficient (Wildman–Crippen LogP) is 4.51. The van der Waals surface area contributed by atoms with Gasteiger partial charge in [-0.15, -0.1) is 11.3 Å². The molecule has 0 spiro atoms. The number of morpholine rings is 1. The summed E-state index contributed by atoms with van der Waals surface area (Å²) in [6.45, 7) is 4.80. The molecule has 0 saturated carbocycles. The van der Waals surface area contributed by atoms with E-state index in [-0.39, 0.29) is 28.8 Å². The molecule has 4 aromatic rings. The number of hydrogen-bond donors (Lipinski definition) is 3. The lowest BCUT2D eigenvalue weighted by Gasteiger charge is -2.34. The summed E-state index contributed by atoms with van der Waals surface area (Å²) in [5.41, 5.74) is 5.50. The zero-order valence-electron chi connectivity index (χ0n) is 20.7. The molecule has 204 valence electrons. The summed E-state index contributed by atoms with van der Waals surface area (Å²) in [5, 5.41) is 3.98. The summed E-state index contributed by atoms with van der Waals surface area (Å²) >= 11 is 1.25. The van der Waals surface area contributed by atoms with Gasteiger partial charge in [-0.1, -0.05) is 6.07 Å². The van der Waals surface area contributed by atoms with E-state index < -0.39 is 38.1 Å². The molecule has 1 fully saturated rings. The Morgan fingerprint density at radius 3 is 2.67 bits per heavy atom. The second-order valence-corrected chi connectivity index (χ2v) is 12.1. The number of ether oxygens (including phenoxy) is 1. The first-order valence-electron chi connectivity index (χ1n) is 11.7. The number of nitrogens with zero attached hydrogens (tertiary/aromatic N) is 3. The topological polar surface area (TPSA) is 132 Å². The number of nitrogens with one attached hydrogen (secondary N) is 2. The molecule has 1 aliphatic rings. The monoisotopic (exact) mass is 576 g/mol. The standard InChI is InChI=1S/C25H23F3N6O3S2/c1-25(2)12-31-18(11-37-25)23-33-21(22(38-23)17-8-9-30-24(29)32-17)14-4-3-5-16(20(14)28)34-39(35,36)19-10-13(26)6-7-15(19)27/h3-10,18,31,34H,11-12H2,1-2H3,(H2,29,30,32). The predicted molar refractivity (Wildman–Crippen MR) is 141 cm³/mol. The van der Waals surface area contributed by atoms with Crippen molar-refractivity contribution < 1.29 is 26.3 Å². The smallest absolute Gasteiger partial charge is 0.265 e. The fraction of sp³-hybridized carbons (Fsp3) is 0.240. The van der Waals surface area contributed by atoms with E-state index in [4.69, 9.17) is 10.5 Å². The van der Waals surface area contributed by atoms with Gasteiger partial charge in [-0.05, 0) is 50.2 Å². The molecule has 2 aromatic carbocycles. The number of aromatic nitrogens is 3. The molecule has 1 saturated heterocycles. The van der Waals surface area contributed by atoms with E-state index in [1.165, 1.54) is 35.7 Å². The van der Waals surface area contributed by atoms with E-state index in [2.05, 4.69) is 20.3 Å². The van der Waals surface area contributed by atoms with Crippen LogP contribution in [0.3, 0.4) is 0 Å². The summed E-state index contributed by atoms with van der Waals surface area (Å²) in [6.07, 6.45) is 1.46. The Hall–Kier alpha value is -3.59. The molecule has 0 bridgehead atoms. The number of anilines is 2. The first-order valence-corrected chi connectivity index (χ1v) is 14.0. The van der Waals surface area contributed by atoms with Crippen molar-refractivity contribution in [2.75, 3.05) is 23.6 Å². The van der Waals surface area contributed by atoms with Crippen LogP contribution in [0.5, 0.6) is 0 Å². The van der Waals surface area contributed by atoms with Gasteiger partial charge in [-0.3, -0.25) is 4.72 Å². The molecule has 0 aliphatic carbocycles. The van der Waals surface area contributed by atoms with Gasteiger partial charge in [0.25, 0.3) is 10.0 Å². The van der Waals surface area contributed by atoms with Crippen molar-refractivity contribution in [1.29, 1.82) is 0 Å². The second kappa shape index (κ2) is 10.2. The largest absolute Gasteiger partial charge is 0.372 e. The molecule has 5 rings (SSSR count). The molecule has 9 nitrogen and oxygen atoms in total. The number of rotatable bonds is 6. The third kappa shape index (κ3) is 5.59. The van der Waals surface area contributed by atoms with Gasteiger partial charge in [0.15, 0.2) is 5.82 Å². The van der Waals surface area contributed by atoms with Gasteiger partial charge in [0.05, 0.1) is 40.2 Å². The first-order chi connectivity index (χ1) is 18.4. The van der Waals surface area contributed by atoms with Crippen LogP contribution in [-0.2, 0) is 14.8 Å². The number of sulfonamides is 1. The highest BCUT2D eigenvalue weighted by Gasteiger charge is 2.31. The number of thiazole rings is 1. The summed E-state index contributed by atoms with van der Waals surface area (Å²) < 4.78 is 77.3. The van der Waals surface area contributed by atoms with E-state index >= 15 is 4.39 Å². The van der Waals surface area contributed by atoms with E-state index in [1.54, 1.807) is 6.07 Å². The van der Waals surface area contributed by atoms with Gasteiger partial charge in [0.2, 0.25) is 5.95 Å². The maximum absolute atomic E-state index is 15.9. The average Bonchev–Trinajstić information content (AvgIpc) is 3.32. The van der Waals surface area contributed by atoms with Crippen molar-refractivity contribution in [1.82, 2.24) is 20.3 Å². The van der Waals surface area contributed by atoms with Crippen LogP contribution in [0.4, 0.5) is 24.8 Å². The minimum atomic E-state index is -4.67. The molecular weight excluding hydrogens is 553 g/mol. The highest BCUT2D eigenvalue weighted by Crippen LogP contribution is 2.41. The van der Waals surface area contributed by atoms with Crippen molar-refractivity contribution in [2.45, 2.75) is 30.4 Å². The van der Waals surface area contributed by atoms with E-state index in [0.717, 1.165) is 6.07 Å². The quantitative estimate of drug-likeness (QED) is 0.306. The van der Waals surface area contributed by atoms with Gasteiger partial charge in [-0.2, -0.15) is 0 Å². The third-order valence-corrected chi connectivity index (χ3v) is 8.52. The van der Waals surface area contributed by atoms with Crippen LogP contribution in [-0.4, -0.2) is 42.1 Å². The molecule has 39 heavy (non-hydrogen) atoms.